The summed E-state index contributed by atoms with van der Waals surface area (Å²) in [7, 11) is 0. The van der Waals surface area contributed by atoms with E-state index in [0.717, 1.165) is 12.8 Å². The molecule has 1 saturated heterocycles. The first-order valence-corrected chi connectivity index (χ1v) is 6.67. The Morgan fingerprint density at radius 1 is 1.42 bits per heavy atom. The fourth-order valence-corrected chi connectivity index (χ4v) is 2.89. The van der Waals surface area contributed by atoms with Gasteiger partial charge in [0.05, 0.1) is 11.7 Å². The van der Waals surface area contributed by atoms with Gasteiger partial charge in [-0.25, -0.2) is 4.98 Å². The van der Waals surface area contributed by atoms with Crippen molar-refractivity contribution < 1.29 is 9.21 Å². The molecule has 1 spiro atoms. The predicted octanol–water partition coefficient (Wildman–Crippen LogP) is 1.80. The number of hydrogen-bond donors (Lipinski definition) is 2. The van der Waals surface area contributed by atoms with Crippen LogP contribution in [0.4, 0.5) is 0 Å². The Hall–Kier alpha value is -1.88. The molecule has 1 unspecified atom stereocenters. The van der Waals surface area contributed by atoms with E-state index >= 15 is 0 Å². The van der Waals surface area contributed by atoms with E-state index in [9.17, 15) is 4.79 Å². The van der Waals surface area contributed by atoms with Gasteiger partial charge in [0.2, 0.25) is 0 Å². The van der Waals surface area contributed by atoms with Gasteiger partial charge in [-0.3, -0.25) is 10.1 Å². The molecule has 2 heterocycles. The van der Waals surface area contributed by atoms with Crippen LogP contribution in [0.1, 0.15) is 36.0 Å². The van der Waals surface area contributed by atoms with Crippen LogP contribution in [0, 0.1) is 0 Å². The molecular formula is C14H15N3O2. The van der Waals surface area contributed by atoms with Gasteiger partial charge in [0.15, 0.2) is 12.0 Å². The highest BCUT2D eigenvalue weighted by molar-refractivity contribution is 6.04. The number of hydrogen-bond acceptors (Lipinski definition) is 4. The first kappa shape index (κ1) is 11.0. The van der Waals surface area contributed by atoms with Crippen molar-refractivity contribution >= 4 is 17.0 Å². The zero-order valence-electron chi connectivity index (χ0n) is 10.5. The number of rotatable bonds is 2. The minimum absolute atomic E-state index is 0.0770. The molecule has 1 amide bonds. The molecular weight excluding hydrogens is 242 g/mol. The van der Waals surface area contributed by atoms with Gasteiger partial charge in [0.1, 0.15) is 5.52 Å². The number of carbonyl (C=O) groups is 1. The highest BCUT2D eigenvalue weighted by atomic mass is 16.3. The Balaban J connectivity index is 1.55. The van der Waals surface area contributed by atoms with Gasteiger partial charge >= 0.3 is 0 Å². The highest BCUT2D eigenvalue weighted by Gasteiger charge is 2.48. The molecule has 2 fully saturated rings. The van der Waals surface area contributed by atoms with Crippen molar-refractivity contribution in [3.63, 3.8) is 0 Å². The summed E-state index contributed by atoms with van der Waals surface area (Å²) in [5, 5.41) is 6.54. The fourth-order valence-electron chi connectivity index (χ4n) is 2.89. The number of fused-ring (bicyclic) bond motifs is 1. The van der Waals surface area contributed by atoms with E-state index in [0.29, 0.717) is 22.2 Å². The smallest absolute Gasteiger partial charge is 0.256 e. The van der Waals surface area contributed by atoms with Gasteiger partial charge in [0, 0.05) is 5.54 Å². The topological polar surface area (TPSA) is 67.2 Å². The average Bonchev–Trinajstić information content (AvgIpc) is 2.85. The molecule has 1 aliphatic heterocycles. The van der Waals surface area contributed by atoms with Crippen LogP contribution in [-0.2, 0) is 0 Å². The molecule has 19 heavy (non-hydrogen) atoms. The van der Waals surface area contributed by atoms with E-state index in [-0.39, 0.29) is 12.1 Å². The maximum absolute atomic E-state index is 12.3. The summed E-state index contributed by atoms with van der Waals surface area (Å²) >= 11 is 0. The highest BCUT2D eigenvalue weighted by Crippen LogP contribution is 2.44. The summed E-state index contributed by atoms with van der Waals surface area (Å²) in [6.45, 7) is 0. The number of oxazole rings is 1. The molecule has 2 aliphatic rings. The van der Waals surface area contributed by atoms with Crippen LogP contribution >= 0.6 is 0 Å². The van der Waals surface area contributed by atoms with Gasteiger partial charge in [-0.1, -0.05) is 6.07 Å². The third-order valence-electron chi connectivity index (χ3n) is 4.15. The third kappa shape index (κ3) is 1.81. The minimum Gasteiger partial charge on any atom is -0.443 e. The van der Waals surface area contributed by atoms with Gasteiger partial charge in [-0.15, -0.1) is 0 Å². The lowest BCUT2D eigenvalue weighted by Gasteiger charge is -2.15. The summed E-state index contributed by atoms with van der Waals surface area (Å²) in [5.74, 6) is -0.0995. The molecule has 2 N–H and O–H groups in total. The molecule has 2 aromatic rings. The van der Waals surface area contributed by atoms with Crippen molar-refractivity contribution in [1.82, 2.24) is 15.6 Å². The van der Waals surface area contributed by atoms with Crippen LogP contribution in [0.25, 0.3) is 11.1 Å². The van der Waals surface area contributed by atoms with Crippen molar-refractivity contribution in [1.29, 1.82) is 0 Å². The van der Waals surface area contributed by atoms with Gasteiger partial charge < -0.3 is 9.73 Å². The van der Waals surface area contributed by atoms with Crippen molar-refractivity contribution in [2.45, 2.75) is 37.4 Å². The number of nitrogens with zero attached hydrogens (tertiary/aromatic N) is 1. The summed E-state index contributed by atoms with van der Waals surface area (Å²) in [5.41, 5.74) is 2.15. The monoisotopic (exact) mass is 257 g/mol. The Kier molecular flexibility index (Phi) is 2.20. The predicted molar refractivity (Wildman–Crippen MR) is 69.6 cm³/mol. The Labute approximate surface area is 110 Å². The molecule has 0 bridgehead atoms. The zero-order valence-corrected chi connectivity index (χ0v) is 10.5. The molecule has 5 heteroatoms. The quantitative estimate of drug-likeness (QED) is 0.861. The Morgan fingerprint density at radius 2 is 2.32 bits per heavy atom. The second-order valence-corrected chi connectivity index (χ2v) is 5.50. The summed E-state index contributed by atoms with van der Waals surface area (Å²) in [4.78, 5) is 16.4. The fraction of sp³-hybridized carbons (Fsp3) is 0.429. The number of para-hydroxylation sites is 1. The maximum atomic E-state index is 12.3. The lowest BCUT2D eigenvalue weighted by molar-refractivity contribution is 0.0933. The Bertz CT molecular complexity index is 645. The van der Waals surface area contributed by atoms with E-state index < -0.39 is 0 Å². The van der Waals surface area contributed by atoms with Crippen molar-refractivity contribution in [3.05, 3.63) is 30.2 Å². The minimum atomic E-state index is -0.0995. The second-order valence-electron chi connectivity index (χ2n) is 5.50. The number of benzene rings is 1. The summed E-state index contributed by atoms with van der Waals surface area (Å²) in [6.07, 6.45) is 6.07. The van der Waals surface area contributed by atoms with Gasteiger partial charge in [-0.05, 0) is 37.8 Å². The SMILES string of the molecule is O=C(NC1CCC2(CC2)N1)c1cccc2ncoc12. The molecule has 1 aromatic carbocycles. The number of aromatic nitrogens is 1. The van der Waals surface area contributed by atoms with Crippen molar-refractivity contribution in [3.8, 4) is 0 Å². The average molecular weight is 257 g/mol. The van der Waals surface area contributed by atoms with Crippen LogP contribution < -0.4 is 10.6 Å². The van der Waals surface area contributed by atoms with E-state index in [2.05, 4.69) is 15.6 Å². The first-order chi connectivity index (χ1) is 9.26. The van der Waals surface area contributed by atoms with E-state index in [1.165, 1.54) is 19.2 Å². The molecule has 0 radical (unpaired) electrons. The zero-order chi connectivity index (χ0) is 12.9. The standard InChI is InChI=1S/C14H15N3O2/c18-13(16-11-4-5-14(17-11)6-7-14)9-2-1-3-10-12(9)19-8-15-10/h1-3,8,11,17H,4-7H2,(H,16,18). The summed E-state index contributed by atoms with van der Waals surface area (Å²) < 4.78 is 5.30. The van der Waals surface area contributed by atoms with Gasteiger partial charge in [-0.2, -0.15) is 0 Å². The second kappa shape index (κ2) is 3.81. The molecule has 1 atom stereocenters. The van der Waals surface area contributed by atoms with Crippen molar-refractivity contribution in [2.75, 3.05) is 0 Å². The molecule has 98 valence electrons. The molecule has 5 nitrogen and oxygen atoms in total. The number of amides is 1. The number of carbonyl (C=O) groups excluding carboxylic acids is 1. The third-order valence-corrected chi connectivity index (χ3v) is 4.15. The van der Waals surface area contributed by atoms with Crippen LogP contribution in [0.5, 0.6) is 0 Å². The maximum Gasteiger partial charge on any atom is 0.256 e. The molecule has 1 aromatic heterocycles. The van der Waals surface area contributed by atoms with Crippen LogP contribution in [0.3, 0.4) is 0 Å². The van der Waals surface area contributed by atoms with E-state index in [1.54, 1.807) is 6.07 Å². The van der Waals surface area contributed by atoms with Crippen LogP contribution in [-0.4, -0.2) is 22.6 Å². The first-order valence-electron chi connectivity index (χ1n) is 6.67. The van der Waals surface area contributed by atoms with Gasteiger partial charge in [0.25, 0.3) is 5.91 Å². The van der Waals surface area contributed by atoms with Crippen LogP contribution in [0.15, 0.2) is 29.0 Å². The normalized spacial score (nSPS) is 23.9. The van der Waals surface area contributed by atoms with Crippen molar-refractivity contribution in [2.24, 2.45) is 0 Å². The number of nitrogens with one attached hydrogen (secondary N) is 2. The molecule has 4 rings (SSSR count). The van der Waals surface area contributed by atoms with E-state index in [4.69, 9.17) is 4.42 Å². The molecule has 1 saturated carbocycles. The van der Waals surface area contributed by atoms with Crippen LogP contribution in [0.2, 0.25) is 0 Å². The Morgan fingerprint density at radius 3 is 3.11 bits per heavy atom. The largest absolute Gasteiger partial charge is 0.443 e. The summed E-state index contributed by atoms with van der Waals surface area (Å²) in [6, 6.07) is 5.43. The van der Waals surface area contributed by atoms with E-state index in [1.807, 2.05) is 12.1 Å². The molecule has 1 aliphatic carbocycles. The lowest BCUT2D eigenvalue weighted by atomic mass is 10.1. The lowest BCUT2D eigenvalue weighted by Crippen LogP contribution is -2.44.